The van der Waals surface area contributed by atoms with Crippen LogP contribution in [0, 0.1) is 0 Å². The maximum Gasteiger partial charge on any atom is 0.159 e. The van der Waals surface area contributed by atoms with E-state index >= 15 is 0 Å². The first-order valence-electron chi connectivity index (χ1n) is 26.8. The zero-order valence-corrected chi connectivity index (χ0v) is 43.5. The van der Waals surface area contributed by atoms with Gasteiger partial charge in [0, 0.05) is 75.2 Å². The second-order valence-electron chi connectivity index (χ2n) is 20.3. The third-order valence-corrected chi connectivity index (χ3v) is 17.0. The monoisotopic (exact) mass is 1030 g/mol. The molecule has 0 aliphatic heterocycles. The van der Waals surface area contributed by atoms with Crippen molar-refractivity contribution < 1.29 is 8.83 Å². The van der Waals surface area contributed by atoms with E-state index in [9.17, 15) is 0 Å². The zero-order chi connectivity index (χ0) is 52.0. The van der Waals surface area contributed by atoms with Crippen LogP contribution in [0.4, 0.5) is 34.1 Å². The molecule has 0 amide bonds. The Kier molecular flexibility index (Phi) is 10.4. The molecule has 79 heavy (non-hydrogen) atoms. The van der Waals surface area contributed by atoms with Gasteiger partial charge in [-0.25, -0.2) is 0 Å². The van der Waals surface area contributed by atoms with Crippen molar-refractivity contribution in [1.82, 2.24) is 0 Å². The van der Waals surface area contributed by atoms with E-state index in [1.165, 1.54) is 41.7 Å². The van der Waals surface area contributed by atoms with E-state index < -0.39 is 0 Å². The van der Waals surface area contributed by atoms with Crippen molar-refractivity contribution in [3.8, 4) is 33.4 Å². The van der Waals surface area contributed by atoms with Crippen LogP contribution in [0.3, 0.4) is 0 Å². The first-order valence-corrected chi connectivity index (χ1v) is 27.6. The van der Waals surface area contributed by atoms with E-state index in [-0.39, 0.29) is 0 Å². The van der Waals surface area contributed by atoms with Gasteiger partial charge in [-0.05, 0) is 87.4 Å². The minimum Gasteiger partial charge on any atom is -0.454 e. The molecule has 3 heterocycles. The summed E-state index contributed by atoms with van der Waals surface area (Å²) in [5, 5.41) is 11.7. The SMILES string of the molecule is c1ccc(-c2ccccc2N(c2ccc3c(c2)sc2c4ccc(N(c5ccccc5-c5ccccc5)c5cccc6c5oc5c(-c7ccccc7)cccc56)cc4c4ccccc4c32)c2cccc3c2oc2ccccc23)cc1. The molecule has 16 rings (SSSR count). The van der Waals surface area contributed by atoms with Crippen molar-refractivity contribution in [2.45, 2.75) is 0 Å². The van der Waals surface area contributed by atoms with Gasteiger partial charge < -0.3 is 18.6 Å². The van der Waals surface area contributed by atoms with Gasteiger partial charge in [-0.2, -0.15) is 0 Å². The summed E-state index contributed by atoms with van der Waals surface area (Å²) >= 11 is 1.87. The van der Waals surface area contributed by atoms with Gasteiger partial charge in [0.25, 0.3) is 0 Å². The second kappa shape index (κ2) is 18.2. The van der Waals surface area contributed by atoms with Gasteiger partial charge >= 0.3 is 0 Å². The molecule has 0 atom stereocenters. The molecule has 16 aromatic rings. The largest absolute Gasteiger partial charge is 0.454 e. The molecular weight excluding hydrogens is 981 g/mol. The van der Waals surface area contributed by atoms with Gasteiger partial charge in [0.2, 0.25) is 0 Å². The lowest BCUT2D eigenvalue weighted by atomic mass is 9.96. The molecule has 370 valence electrons. The number of fused-ring (bicyclic) bond motifs is 14. The number of hydrogen-bond donors (Lipinski definition) is 0. The lowest BCUT2D eigenvalue weighted by Gasteiger charge is -2.28. The lowest BCUT2D eigenvalue weighted by Crippen LogP contribution is -2.11. The number of hydrogen-bond acceptors (Lipinski definition) is 5. The van der Waals surface area contributed by atoms with Crippen molar-refractivity contribution >= 4 is 131 Å². The van der Waals surface area contributed by atoms with Crippen molar-refractivity contribution in [1.29, 1.82) is 0 Å². The summed E-state index contributed by atoms with van der Waals surface area (Å²) in [5.41, 5.74) is 16.3. The Hall–Kier alpha value is -10.2. The predicted octanol–water partition coefficient (Wildman–Crippen LogP) is 22.1. The molecule has 0 bridgehead atoms. The molecule has 0 unspecified atom stereocenters. The van der Waals surface area contributed by atoms with Crippen LogP contribution in [0.15, 0.2) is 288 Å². The highest BCUT2D eigenvalue weighted by atomic mass is 32.1. The van der Waals surface area contributed by atoms with E-state index in [0.717, 1.165) is 111 Å². The summed E-state index contributed by atoms with van der Waals surface area (Å²) in [6.07, 6.45) is 0. The van der Waals surface area contributed by atoms with E-state index in [0.29, 0.717) is 0 Å². The van der Waals surface area contributed by atoms with Crippen LogP contribution in [0.5, 0.6) is 0 Å². The van der Waals surface area contributed by atoms with E-state index in [4.69, 9.17) is 8.83 Å². The van der Waals surface area contributed by atoms with Crippen LogP contribution in [0.1, 0.15) is 0 Å². The molecular formula is C74H46N2O2S. The number of anilines is 6. The summed E-state index contributed by atoms with van der Waals surface area (Å²) < 4.78 is 16.5. The van der Waals surface area contributed by atoms with Crippen LogP contribution in [-0.2, 0) is 0 Å². The Morgan fingerprint density at radius 3 is 1.35 bits per heavy atom. The minimum atomic E-state index is 0.835. The van der Waals surface area contributed by atoms with Crippen LogP contribution in [0.2, 0.25) is 0 Å². The van der Waals surface area contributed by atoms with Crippen LogP contribution in [0.25, 0.3) is 119 Å². The van der Waals surface area contributed by atoms with Crippen molar-refractivity contribution in [3.63, 3.8) is 0 Å². The summed E-state index contributed by atoms with van der Waals surface area (Å²) in [5.74, 6) is 0. The van der Waals surface area contributed by atoms with Crippen molar-refractivity contribution in [3.05, 3.63) is 279 Å². The van der Waals surface area contributed by atoms with Gasteiger partial charge in [0.15, 0.2) is 11.2 Å². The highest BCUT2D eigenvalue weighted by Gasteiger charge is 2.26. The molecule has 0 N–H and O–H groups in total. The minimum absolute atomic E-state index is 0.835. The average molecular weight is 1030 g/mol. The number of furan rings is 2. The second-order valence-corrected chi connectivity index (χ2v) is 21.3. The number of benzene rings is 13. The highest BCUT2D eigenvalue weighted by Crippen LogP contribution is 2.52. The molecule has 4 nitrogen and oxygen atoms in total. The van der Waals surface area contributed by atoms with Gasteiger partial charge in [-0.3, -0.25) is 0 Å². The first-order chi connectivity index (χ1) is 39.2. The predicted molar refractivity (Wildman–Crippen MR) is 335 cm³/mol. The molecule has 3 aromatic heterocycles. The summed E-state index contributed by atoms with van der Waals surface area (Å²) in [4.78, 5) is 4.81. The quantitative estimate of drug-likeness (QED) is 0.135. The Labute approximate surface area is 459 Å². The molecule has 13 aromatic carbocycles. The number of rotatable bonds is 9. The molecule has 0 aliphatic carbocycles. The molecule has 0 fully saturated rings. The zero-order valence-electron chi connectivity index (χ0n) is 42.7. The normalized spacial score (nSPS) is 11.8. The highest BCUT2D eigenvalue weighted by molar-refractivity contribution is 7.27. The summed E-state index contributed by atoms with van der Waals surface area (Å²) in [6, 6.07) is 100. The average Bonchev–Trinajstić information content (AvgIpc) is 4.25. The lowest BCUT2D eigenvalue weighted by molar-refractivity contribution is 0.669. The number of thiophene rings is 1. The Bertz CT molecular complexity index is 5040. The Morgan fingerprint density at radius 1 is 0.266 bits per heavy atom. The molecule has 0 spiro atoms. The van der Waals surface area contributed by atoms with Crippen LogP contribution < -0.4 is 9.80 Å². The fourth-order valence-electron chi connectivity index (χ4n) is 12.3. The van der Waals surface area contributed by atoms with E-state index in [2.05, 4.69) is 283 Å². The van der Waals surface area contributed by atoms with Crippen LogP contribution >= 0.6 is 11.3 Å². The fourth-order valence-corrected chi connectivity index (χ4v) is 13.6. The first kappa shape index (κ1) is 45.0. The molecule has 5 heteroatoms. The fraction of sp³-hybridized carbons (Fsp3) is 0. The third-order valence-electron chi connectivity index (χ3n) is 15.8. The van der Waals surface area contributed by atoms with Crippen LogP contribution in [-0.4, -0.2) is 0 Å². The van der Waals surface area contributed by atoms with Gasteiger partial charge in [-0.15, -0.1) is 11.3 Å². The topological polar surface area (TPSA) is 32.8 Å². The molecule has 0 saturated heterocycles. The molecule has 0 radical (unpaired) electrons. The smallest absolute Gasteiger partial charge is 0.159 e. The maximum atomic E-state index is 7.19. The summed E-state index contributed by atoms with van der Waals surface area (Å²) in [6.45, 7) is 0. The maximum absolute atomic E-state index is 7.19. The van der Waals surface area contributed by atoms with E-state index in [1.54, 1.807) is 0 Å². The number of para-hydroxylation sites is 6. The van der Waals surface area contributed by atoms with E-state index in [1.807, 2.05) is 17.4 Å². The Balaban J connectivity index is 0.920. The van der Waals surface area contributed by atoms with Crippen molar-refractivity contribution in [2.24, 2.45) is 0 Å². The Morgan fingerprint density at radius 2 is 0.709 bits per heavy atom. The molecule has 0 aliphatic rings. The van der Waals surface area contributed by atoms with Crippen molar-refractivity contribution in [2.75, 3.05) is 9.80 Å². The number of nitrogens with zero attached hydrogens (tertiary/aromatic N) is 2. The third kappa shape index (κ3) is 7.21. The van der Waals surface area contributed by atoms with Gasteiger partial charge in [0.05, 0.1) is 22.7 Å². The molecule has 0 saturated carbocycles. The standard InChI is InChI=1S/C74H46N2O2S/c1-4-21-47(22-5-1)52-27-12-15-36-64(52)75(67-39-20-35-60-59-33-18-32-54(71(59)78-73(60)67)49-25-8-3-9-26-49)50-41-43-61-63(45-50)55-29-10-11-31-57(55)70-62-44-42-51(46-69(62)79-74(61)70)76(65-37-16-13-28-53(65)48-23-6-2-7-24-48)66-38-19-34-58-56-30-14-17-40-68(56)77-72(58)66/h1-46H. The van der Waals surface area contributed by atoms with Gasteiger partial charge in [0.1, 0.15) is 11.2 Å². The van der Waals surface area contributed by atoms with Gasteiger partial charge in [-0.1, -0.05) is 224 Å². The summed E-state index contributed by atoms with van der Waals surface area (Å²) in [7, 11) is 0.